The van der Waals surface area contributed by atoms with Crippen LogP contribution in [0.25, 0.3) is 11.4 Å². The molecule has 0 saturated heterocycles. The molecule has 0 fully saturated rings. The van der Waals surface area contributed by atoms with Crippen molar-refractivity contribution in [3.05, 3.63) is 29.9 Å². The second-order valence-corrected chi connectivity index (χ2v) is 5.27. The number of rotatable bonds is 5. The lowest BCUT2D eigenvalue weighted by Gasteiger charge is -2.22. The van der Waals surface area contributed by atoms with E-state index in [2.05, 4.69) is 20.4 Å². The van der Waals surface area contributed by atoms with Crippen molar-refractivity contribution in [1.82, 2.24) is 20.4 Å². The number of nitrogens with one attached hydrogen (secondary N) is 1. The van der Waals surface area contributed by atoms with E-state index in [0.717, 1.165) is 5.69 Å². The van der Waals surface area contributed by atoms with E-state index in [4.69, 9.17) is 14.4 Å². The number of pyridine rings is 1. The molecule has 0 saturated carbocycles. The first-order valence-corrected chi connectivity index (χ1v) is 6.68. The van der Waals surface area contributed by atoms with Crippen LogP contribution in [-0.2, 0) is 10.3 Å². The lowest BCUT2D eigenvalue weighted by molar-refractivity contribution is 0.0155. The predicted octanol–water partition coefficient (Wildman–Crippen LogP) is 2.34. The van der Waals surface area contributed by atoms with Crippen LogP contribution in [0.15, 0.2) is 22.9 Å². The molecule has 22 heavy (non-hydrogen) atoms. The van der Waals surface area contributed by atoms with E-state index in [1.807, 2.05) is 19.9 Å². The highest BCUT2D eigenvalue weighted by atomic mass is 16.5. The highest BCUT2D eigenvalue weighted by Crippen LogP contribution is 2.26. The molecule has 8 nitrogen and oxygen atoms in total. The largest absolute Gasteiger partial charge is 0.465 e. The van der Waals surface area contributed by atoms with Crippen LogP contribution >= 0.6 is 0 Å². The maximum atomic E-state index is 10.6. The van der Waals surface area contributed by atoms with Gasteiger partial charge in [0.15, 0.2) is 0 Å². The molecule has 1 unspecified atom stereocenters. The molecular formula is C14H18N4O4. The van der Waals surface area contributed by atoms with Gasteiger partial charge in [-0.05, 0) is 32.9 Å². The minimum Gasteiger partial charge on any atom is -0.465 e. The fourth-order valence-corrected chi connectivity index (χ4v) is 1.78. The summed E-state index contributed by atoms with van der Waals surface area (Å²) < 4.78 is 10.5. The minimum atomic E-state index is -1.15. The van der Waals surface area contributed by atoms with Crippen molar-refractivity contribution in [2.24, 2.45) is 0 Å². The van der Waals surface area contributed by atoms with E-state index < -0.39 is 17.7 Å². The quantitative estimate of drug-likeness (QED) is 0.872. The van der Waals surface area contributed by atoms with Crippen LogP contribution in [0.4, 0.5) is 4.79 Å². The Morgan fingerprint density at radius 3 is 2.86 bits per heavy atom. The predicted molar refractivity (Wildman–Crippen MR) is 77.1 cm³/mol. The molecule has 8 heteroatoms. The summed E-state index contributed by atoms with van der Waals surface area (Å²) in [5, 5.41) is 14.8. The Morgan fingerprint density at radius 2 is 2.23 bits per heavy atom. The molecule has 2 aromatic rings. The molecular weight excluding hydrogens is 288 g/mol. The van der Waals surface area contributed by atoms with Crippen molar-refractivity contribution in [1.29, 1.82) is 0 Å². The summed E-state index contributed by atoms with van der Waals surface area (Å²) in [6.45, 7) is 5.43. The number of hydrogen-bond acceptors (Lipinski definition) is 6. The Morgan fingerprint density at radius 1 is 1.50 bits per heavy atom. The lowest BCUT2D eigenvalue weighted by Crippen LogP contribution is -2.24. The molecule has 2 aromatic heterocycles. The van der Waals surface area contributed by atoms with Crippen LogP contribution in [0.2, 0.25) is 0 Å². The van der Waals surface area contributed by atoms with Crippen molar-refractivity contribution in [2.45, 2.75) is 32.4 Å². The Kier molecular flexibility index (Phi) is 4.41. The molecule has 1 atom stereocenters. The molecule has 2 N–H and O–H groups in total. The first-order valence-electron chi connectivity index (χ1n) is 6.68. The van der Waals surface area contributed by atoms with Crippen LogP contribution in [0.3, 0.4) is 0 Å². The van der Waals surface area contributed by atoms with Gasteiger partial charge in [0.1, 0.15) is 11.6 Å². The molecule has 1 amide bonds. The number of methoxy groups -OCH3 is 1. The van der Waals surface area contributed by atoms with E-state index in [0.29, 0.717) is 11.4 Å². The molecule has 0 aliphatic heterocycles. The fourth-order valence-electron chi connectivity index (χ4n) is 1.78. The van der Waals surface area contributed by atoms with Crippen LogP contribution in [-0.4, -0.2) is 33.4 Å². The van der Waals surface area contributed by atoms with Gasteiger partial charge in [-0.15, -0.1) is 0 Å². The van der Waals surface area contributed by atoms with Crippen LogP contribution in [0.1, 0.15) is 38.4 Å². The van der Waals surface area contributed by atoms with Gasteiger partial charge >= 0.3 is 6.09 Å². The van der Waals surface area contributed by atoms with Gasteiger partial charge in [0, 0.05) is 18.9 Å². The zero-order valence-corrected chi connectivity index (χ0v) is 12.8. The Bertz CT molecular complexity index is 668. The van der Waals surface area contributed by atoms with Gasteiger partial charge < -0.3 is 19.7 Å². The fraction of sp³-hybridized carbons (Fsp3) is 0.429. The van der Waals surface area contributed by atoms with Crippen LogP contribution in [0, 0.1) is 0 Å². The average Bonchev–Trinajstić information content (AvgIpc) is 2.96. The summed E-state index contributed by atoms with van der Waals surface area (Å²) in [6.07, 6.45) is 0.487. The summed E-state index contributed by atoms with van der Waals surface area (Å²) in [5.74, 6) is 0.561. The average molecular weight is 306 g/mol. The van der Waals surface area contributed by atoms with E-state index in [-0.39, 0.29) is 5.89 Å². The van der Waals surface area contributed by atoms with Crippen molar-refractivity contribution in [2.75, 3.05) is 7.11 Å². The third-order valence-corrected chi connectivity index (χ3v) is 3.30. The van der Waals surface area contributed by atoms with Gasteiger partial charge in [-0.3, -0.25) is 4.98 Å². The SMILES string of the molecule is COC(C)(C)c1cc(-c2noc(C(C)NC(=O)O)n2)ccn1. The summed E-state index contributed by atoms with van der Waals surface area (Å²) in [5.41, 5.74) is 0.906. The molecule has 0 radical (unpaired) electrons. The summed E-state index contributed by atoms with van der Waals surface area (Å²) in [6, 6.07) is 2.97. The molecule has 118 valence electrons. The molecule has 0 bridgehead atoms. The van der Waals surface area contributed by atoms with E-state index in [1.165, 1.54) is 0 Å². The van der Waals surface area contributed by atoms with Crippen molar-refractivity contribution in [3.8, 4) is 11.4 Å². The number of hydrogen-bond donors (Lipinski definition) is 2. The summed E-state index contributed by atoms with van der Waals surface area (Å²) >= 11 is 0. The maximum absolute atomic E-state index is 10.6. The Labute approximate surface area is 127 Å². The number of carboxylic acid groups (broad SMARTS) is 1. The number of amides is 1. The zero-order chi connectivity index (χ0) is 16.3. The highest BCUT2D eigenvalue weighted by molar-refractivity contribution is 5.65. The zero-order valence-electron chi connectivity index (χ0n) is 12.8. The molecule has 2 rings (SSSR count). The number of nitrogens with zero attached hydrogens (tertiary/aromatic N) is 3. The molecule has 0 spiro atoms. The van der Waals surface area contributed by atoms with E-state index >= 15 is 0 Å². The standard InChI is InChI=1S/C14H18N4O4/c1-8(16-13(19)20)12-17-11(18-22-12)9-5-6-15-10(7-9)14(2,3)21-4/h5-8,16H,1-4H3,(H,19,20). The van der Waals surface area contributed by atoms with E-state index in [9.17, 15) is 4.79 Å². The summed E-state index contributed by atoms with van der Waals surface area (Å²) in [4.78, 5) is 19.1. The second-order valence-electron chi connectivity index (χ2n) is 5.27. The number of aromatic nitrogens is 3. The highest BCUT2D eigenvalue weighted by Gasteiger charge is 2.23. The van der Waals surface area contributed by atoms with Crippen LogP contribution in [0.5, 0.6) is 0 Å². The first-order chi connectivity index (χ1) is 10.3. The smallest absolute Gasteiger partial charge is 0.405 e. The number of carbonyl (C=O) groups is 1. The van der Waals surface area contributed by atoms with Gasteiger partial charge in [-0.1, -0.05) is 5.16 Å². The van der Waals surface area contributed by atoms with Gasteiger partial charge in [0.05, 0.1) is 5.69 Å². The topological polar surface area (TPSA) is 110 Å². The van der Waals surface area contributed by atoms with Gasteiger partial charge in [0.2, 0.25) is 11.7 Å². The second kappa shape index (κ2) is 6.10. The van der Waals surface area contributed by atoms with Gasteiger partial charge in [0.25, 0.3) is 0 Å². The minimum absolute atomic E-state index is 0.196. The molecule has 2 heterocycles. The van der Waals surface area contributed by atoms with Crippen molar-refractivity contribution >= 4 is 6.09 Å². The first kappa shape index (κ1) is 15.9. The number of ether oxygens (including phenoxy) is 1. The van der Waals surface area contributed by atoms with Crippen molar-refractivity contribution in [3.63, 3.8) is 0 Å². The van der Waals surface area contributed by atoms with E-state index in [1.54, 1.807) is 26.3 Å². The Hall–Kier alpha value is -2.48. The maximum Gasteiger partial charge on any atom is 0.405 e. The Balaban J connectivity index is 2.28. The molecule has 0 aliphatic rings. The van der Waals surface area contributed by atoms with Crippen molar-refractivity contribution < 1.29 is 19.2 Å². The normalized spacial score (nSPS) is 12.9. The summed E-state index contributed by atoms with van der Waals surface area (Å²) in [7, 11) is 1.61. The van der Waals surface area contributed by atoms with Gasteiger partial charge in [-0.2, -0.15) is 4.98 Å². The molecule has 0 aliphatic carbocycles. The third kappa shape index (κ3) is 3.40. The lowest BCUT2D eigenvalue weighted by atomic mass is 10.0. The van der Waals surface area contributed by atoms with Crippen LogP contribution < -0.4 is 5.32 Å². The monoisotopic (exact) mass is 306 g/mol. The third-order valence-electron chi connectivity index (χ3n) is 3.30. The molecule has 0 aromatic carbocycles. The van der Waals surface area contributed by atoms with Gasteiger partial charge in [-0.25, -0.2) is 4.79 Å².